The van der Waals surface area contributed by atoms with Gasteiger partial charge in [-0.3, -0.25) is 4.79 Å². The van der Waals surface area contributed by atoms with Gasteiger partial charge in [-0.05, 0) is 42.7 Å². The van der Waals surface area contributed by atoms with Crippen LogP contribution in [0.25, 0.3) is 0 Å². The third kappa shape index (κ3) is 3.17. The first-order chi connectivity index (χ1) is 10.1. The largest absolute Gasteiger partial charge is 0.299 e. The molecule has 0 heterocycles. The van der Waals surface area contributed by atoms with Gasteiger partial charge in [-0.1, -0.05) is 37.8 Å². The van der Waals surface area contributed by atoms with Gasteiger partial charge in [0.25, 0.3) is 0 Å². The predicted molar refractivity (Wildman–Crippen MR) is 77.9 cm³/mol. The highest BCUT2D eigenvalue weighted by Gasteiger charge is 2.34. The van der Waals surface area contributed by atoms with Crippen molar-refractivity contribution in [3.63, 3.8) is 0 Å². The summed E-state index contributed by atoms with van der Waals surface area (Å²) >= 11 is 0. The molecule has 114 valence electrons. The molecule has 3 unspecified atom stereocenters. The quantitative estimate of drug-likeness (QED) is 0.790. The van der Waals surface area contributed by atoms with E-state index in [0.29, 0.717) is 5.92 Å². The minimum atomic E-state index is -0.865. The molecular formula is C18H22F2O. The highest BCUT2D eigenvalue weighted by molar-refractivity contribution is 5.83. The molecule has 2 saturated carbocycles. The maximum absolute atomic E-state index is 13.7. The normalized spacial score (nSPS) is 29.0. The fourth-order valence-electron chi connectivity index (χ4n) is 4.18. The molecule has 3 atom stereocenters. The van der Waals surface area contributed by atoms with E-state index in [1.807, 2.05) is 0 Å². The second kappa shape index (κ2) is 6.25. The lowest BCUT2D eigenvalue weighted by atomic mass is 9.66. The SMILES string of the molecule is O=C(Cc1cccc(F)c1F)C1CCC2CCCCC2C1. The van der Waals surface area contributed by atoms with Gasteiger partial charge in [0.2, 0.25) is 0 Å². The summed E-state index contributed by atoms with van der Waals surface area (Å²) in [5, 5.41) is 0. The van der Waals surface area contributed by atoms with Crippen molar-refractivity contribution in [1.29, 1.82) is 0 Å². The second-order valence-corrected chi connectivity index (χ2v) is 6.67. The lowest BCUT2D eigenvalue weighted by Crippen LogP contribution is -2.32. The maximum Gasteiger partial charge on any atom is 0.162 e. The number of rotatable bonds is 3. The molecule has 0 aromatic heterocycles. The summed E-state index contributed by atoms with van der Waals surface area (Å²) in [5.41, 5.74) is 0.200. The van der Waals surface area contributed by atoms with E-state index in [9.17, 15) is 13.6 Å². The monoisotopic (exact) mass is 292 g/mol. The summed E-state index contributed by atoms with van der Waals surface area (Å²) in [6.45, 7) is 0. The van der Waals surface area contributed by atoms with Crippen LogP contribution in [0, 0.1) is 29.4 Å². The standard InChI is InChI=1S/C18H22F2O/c19-16-7-3-6-15(18(16)20)11-17(21)14-9-8-12-4-1-2-5-13(12)10-14/h3,6-7,12-14H,1-2,4-5,8-11H2. The van der Waals surface area contributed by atoms with Crippen LogP contribution in [0.4, 0.5) is 8.78 Å². The first-order valence-corrected chi connectivity index (χ1v) is 8.10. The lowest BCUT2D eigenvalue weighted by Gasteiger charge is -2.38. The Morgan fingerprint density at radius 3 is 2.62 bits per heavy atom. The summed E-state index contributed by atoms with van der Waals surface area (Å²) in [4.78, 5) is 12.4. The van der Waals surface area contributed by atoms with Crippen molar-refractivity contribution in [2.45, 2.75) is 51.4 Å². The third-order valence-electron chi connectivity index (χ3n) is 5.39. The Bertz CT molecular complexity index is 526. The summed E-state index contributed by atoms with van der Waals surface area (Å²) in [6, 6.07) is 4.08. The fourth-order valence-corrected chi connectivity index (χ4v) is 4.18. The molecule has 0 spiro atoms. The Balaban J connectivity index is 1.64. The highest BCUT2D eigenvalue weighted by atomic mass is 19.2. The summed E-state index contributed by atoms with van der Waals surface area (Å²) in [5.74, 6) is -0.114. The number of halogens is 2. The van der Waals surface area contributed by atoms with Gasteiger partial charge in [-0.2, -0.15) is 0 Å². The molecule has 0 amide bonds. The molecule has 2 aliphatic carbocycles. The van der Waals surface area contributed by atoms with E-state index in [-0.39, 0.29) is 23.7 Å². The minimum Gasteiger partial charge on any atom is -0.299 e. The van der Waals surface area contributed by atoms with Gasteiger partial charge < -0.3 is 0 Å². The average molecular weight is 292 g/mol. The number of hydrogen-bond donors (Lipinski definition) is 0. The van der Waals surface area contributed by atoms with Crippen molar-refractivity contribution in [1.82, 2.24) is 0 Å². The van der Waals surface area contributed by atoms with Gasteiger partial charge in [-0.15, -0.1) is 0 Å². The molecule has 0 aliphatic heterocycles. The first-order valence-electron chi connectivity index (χ1n) is 8.10. The zero-order chi connectivity index (χ0) is 14.8. The van der Waals surface area contributed by atoms with E-state index in [1.54, 1.807) is 0 Å². The molecule has 0 saturated heterocycles. The van der Waals surface area contributed by atoms with Crippen molar-refractivity contribution in [2.75, 3.05) is 0 Å². The first kappa shape index (κ1) is 14.7. The second-order valence-electron chi connectivity index (χ2n) is 6.67. The van der Waals surface area contributed by atoms with Gasteiger partial charge >= 0.3 is 0 Å². The van der Waals surface area contributed by atoms with Crippen LogP contribution in [0.3, 0.4) is 0 Å². The number of fused-ring (bicyclic) bond motifs is 1. The molecule has 2 aliphatic rings. The zero-order valence-corrected chi connectivity index (χ0v) is 12.3. The van der Waals surface area contributed by atoms with Gasteiger partial charge in [-0.25, -0.2) is 8.78 Å². The molecule has 1 nitrogen and oxygen atoms in total. The molecule has 0 bridgehead atoms. The predicted octanol–water partition coefficient (Wildman–Crippen LogP) is 4.68. The fraction of sp³-hybridized carbons (Fsp3) is 0.611. The van der Waals surface area contributed by atoms with Crippen LogP contribution in [-0.2, 0) is 11.2 Å². The molecule has 1 aromatic carbocycles. The summed E-state index contributed by atoms with van der Waals surface area (Å²) < 4.78 is 26.9. The molecule has 0 N–H and O–H groups in total. The van der Waals surface area contributed by atoms with Crippen LogP contribution in [0.15, 0.2) is 18.2 Å². The van der Waals surface area contributed by atoms with E-state index in [4.69, 9.17) is 0 Å². The topological polar surface area (TPSA) is 17.1 Å². The van der Waals surface area contributed by atoms with Crippen LogP contribution in [0.2, 0.25) is 0 Å². The average Bonchev–Trinajstić information content (AvgIpc) is 2.51. The van der Waals surface area contributed by atoms with Gasteiger partial charge in [0.1, 0.15) is 5.78 Å². The number of benzene rings is 1. The Kier molecular flexibility index (Phi) is 4.37. The molecule has 1 aromatic rings. The third-order valence-corrected chi connectivity index (χ3v) is 5.39. The van der Waals surface area contributed by atoms with Gasteiger partial charge in [0.15, 0.2) is 11.6 Å². The lowest BCUT2D eigenvalue weighted by molar-refractivity contribution is -0.124. The molecule has 21 heavy (non-hydrogen) atoms. The van der Waals surface area contributed by atoms with E-state index < -0.39 is 11.6 Å². The van der Waals surface area contributed by atoms with Crippen molar-refractivity contribution in [2.24, 2.45) is 17.8 Å². The number of carbonyl (C=O) groups excluding carboxylic acids is 1. The van der Waals surface area contributed by atoms with Crippen LogP contribution in [0.5, 0.6) is 0 Å². The van der Waals surface area contributed by atoms with Crippen LogP contribution in [-0.4, -0.2) is 5.78 Å². The molecular weight excluding hydrogens is 270 g/mol. The van der Waals surface area contributed by atoms with Crippen molar-refractivity contribution >= 4 is 5.78 Å². The molecule has 3 rings (SSSR count). The molecule has 3 heteroatoms. The van der Waals surface area contributed by atoms with Crippen LogP contribution >= 0.6 is 0 Å². The Labute approximate surface area is 124 Å². The minimum absolute atomic E-state index is 0.0334. The van der Waals surface area contributed by atoms with Crippen molar-refractivity contribution in [3.05, 3.63) is 35.4 Å². The molecule has 0 radical (unpaired) electrons. The van der Waals surface area contributed by atoms with E-state index in [2.05, 4.69) is 0 Å². The number of ketones is 1. The molecule has 2 fully saturated rings. The van der Waals surface area contributed by atoms with Gasteiger partial charge in [0.05, 0.1) is 0 Å². The summed E-state index contributed by atoms with van der Waals surface area (Å²) in [7, 11) is 0. The van der Waals surface area contributed by atoms with Crippen molar-refractivity contribution < 1.29 is 13.6 Å². The highest BCUT2D eigenvalue weighted by Crippen LogP contribution is 2.43. The summed E-state index contributed by atoms with van der Waals surface area (Å²) in [6.07, 6.45) is 8.21. The Hall–Kier alpha value is -1.25. The number of Topliss-reactive ketones (excluding diaryl/α,β-unsaturated/α-hetero) is 1. The smallest absolute Gasteiger partial charge is 0.162 e. The zero-order valence-electron chi connectivity index (χ0n) is 12.3. The van der Waals surface area contributed by atoms with E-state index in [0.717, 1.165) is 31.2 Å². The van der Waals surface area contributed by atoms with E-state index >= 15 is 0 Å². The van der Waals surface area contributed by atoms with Crippen LogP contribution < -0.4 is 0 Å². The number of carbonyl (C=O) groups is 1. The van der Waals surface area contributed by atoms with Gasteiger partial charge in [0, 0.05) is 12.3 Å². The van der Waals surface area contributed by atoms with E-state index in [1.165, 1.54) is 37.8 Å². The number of hydrogen-bond acceptors (Lipinski definition) is 1. The maximum atomic E-state index is 13.7. The van der Waals surface area contributed by atoms with Crippen molar-refractivity contribution in [3.8, 4) is 0 Å². The van der Waals surface area contributed by atoms with Crippen LogP contribution in [0.1, 0.15) is 50.5 Å². The Morgan fingerprint density at radius 2 is 1.81 bits per heavy atom. The Morgan fingerprint density at radius 1 is 1.05 bits per heavy atom.